The van der Waals surface area contributed by atoms with E-state index < -0.39 is 196 Å². The quantitative estimate of drug-likeness (QED) is 0.0365. The highest BCUT2D eigenvalue weighted by Gasteiger charge is 2.49. The van der Waals surface area contributed by atoms with Gasteiger partial charge in [-0.1, -0.05) is 0 Å². The van der Waals surface area contributed by atoms with E-state index in [1.54, 1.807) is 0 Å². The average molecular weight is 1230 g/mol. The van der Waals surface area contributed by atoms with Gasteiger partial charge in [-0.3, -0.25) is 89.0 Å². The molecule has 10 N–H and O–H groups in total. The van der Waals surface area contributed by atoms with Crippen LogP contribution >= 0.6 is 31.3 Å². The summed E-state index contributed by atoms with van der Waals surface area (Å²) in [6, 6.07) is 0. The van der Waals surface area contributed by atoms with Gasteiger partial charge in [-0.05, 0) is 27.7 Å². The zero-order chi connectivity index (χ0) is 59.3. The van der Waals surface area contributed by atoms with Gasteiger partial charge in [-0.25, -0.2) is 37.4 Å². The van der Waals surface area contributed by atoms with Crippen LogP contribution in [0.15, 0.2) is 63.1 Å². The van der Waals surface area contributed by atoms with Crippen molar-refractivity contribution in [1.82, 2.24) is 38.2 Å². The highest BCUT2D eigenvalue weighted by atomic mass is 31.2. The van der Waals surface area contributed by atoms with Crippen molar-refractivity contribution in [1.29, 1.82) is 0 Å². The Kier molecular flexibility index (Phi) is 18.6. The summed E-state index contributed by atoms with van der Waals surface area (Å²) in [7, 11) is -21.5. The molecule has 0 radical (unpaired) electrons. The number of phosphoric acid groups is 4. The Morgan fingerprint density at radius 2 is 0.667 bits per heavy atom. The summed E-state index contributed by atoms with van der Waals surface area (Å²) in [5.74, 6) is 0. The molecule has 0 spiro atoms. The number of aromatic nitrogens is 8. The Balaban J connectivity index is 0.980. The largest absolute Gasteiger partial charge is 0.472 e. The van der Waals surface area contributed by atoms with Crippen molar-refractivity contribution in [2.75, 3.05) is 26.4 Å². The lowest BCUT2D eigenvalue weighted by Crippen LogP contribution is -2.33. The summed E-state index contributed by atoms with van der Waals surface area (Å²) in [4.78, 5) is 160. The van der Waals surface area contributed by atoms with Gasteiger partial charge in [0.05, 0.1) is 26.4 Å². The van der Waals surface area contributed by atoms with Crippen molar-refractivity contribution < 1.29 is 98.4 Å². The van der Waals surface area contributed by atoms with E-state index in [9.17, 15) is 86.2 Å². The molecule has 448 valence electrons. The Labute approximate surface area is 450 Å². The first-order chi connectivity index (χ1) is 37.8. The van der Waals surface area contributed by atoms with Gasteiger partial charge in [0.15, 0.2) is 0 Å². The lowest BCUT2D eigenvalue weighted by atomic mass is 10.2. The molecule has 37 nitrogen and oxygen atoms in total. The van der Waals surface area contributed by atoms with Crippen LogP contribution < -0.4 is 45.0 Å². The monoisotopic (exact) mass is 1230 g/mol. The van der Waals surface area contributed by atoms with Crippen LogP contribution in [0.25, 0.3) is 0 Å². The average Bonchev–Trinajstić information content (AvgIpc) is 4.33. The maximum absolute atomic E-state index is 13.9. The van der Waals surface area contributed by atoms with Crippen LogP contribution in [0.5, 0.6) is 0 Å². The molecule has 4 aliphatic rings. The molecule has 0 amide bonds. The number of rotatable bonds is 22. The van der Waals surface area contributed by atoms with E-state index in [4.69, 9.17) is 50.6 Å². The number of aryl methyl sites for hydroxylation is 4. The van der Waals surface area contributed by atoms with Crippen molar-refractivity contribution >= 4 is 31.3 Å². The molecule has 41 heteroatoms. The molecule has 4 fully saturated rings. The number of nitrogens with zero attached hydrogens (tertiary/aromatic N) is 4. The molecule has 15 atom stereocenters. The highest BCUT2D eigenvalue weighted by Crippen LogP contribution is 2.54. The number of hydrogen-bond donors (Lipinski definition) is 10. The molecular weight excluding hydrogens is 1180 g/mol. The highest BCUT2D eigenvalue weighted by molar-refractivity contribution is 7.48. The maximum Gasteiger partial charge on any atom is 0.472 e. The molecule has 8 rings (SSSR count). The van der Waals surface area contributed by atoms with Crippen LogP contribution in [0.1, 0.15) is 72.8 Å². The van der Waals surface area contributed by atoms with E-state index in [1.165, 1.54) is 33.9 Å². The topological polar surface area (TPSA) is 511 Å². The summed E-state index contributed by atoms with van der Waals surface area (Å²) in [6.45, 7) is 1.48. The number of aliphatic hydroxyl groups excluding tert-OH is 1. The van der Waals surface area contributed by atoms with Crippen molar-refractivity contribution in [3.63, 3.8) is 0 Å². The fourth-order valence-corrected chi connectivity index (χ4v) is 12.5. The predicted octanol–water partition coefficient (Wildman–Crippen LogP) is -2.45. The van der Waals surface area contributed by atoms with Gasteiger partial charge in [0.1, 0.15) is 73.7 Å². The molecule has 8 heterocycles. The number of nitrogens with one attached hydrogen (secondary N) is 4. The first kappa shape index (κ1) is 62.0. The van der Waals surface area contributed by atoms with Crippen LogP contribution in [0.2, 0.25) is 0 Å². The van der Waals surface area contributed by atoms with E-state index in [-0.39, 0.29) is 28.7 Å². The van der Waals surface area contributed by atoms with Gasteiger partial charge < -0.3 is 48.5 Å². The molecule has 81 heavy (non-hydrogen) atoms. The number of aliphatic hydroxyl groups is 1. The molecule has 4 aromatic heterocycles. The zero-order valence-corrected chi connectivity index (χ0v) is 46.1. The lowest BCUT2D eigenvalue weighted by molar-refractivity contribution is -0.0638. The van der Waals surface area contributed by atoms with Gasteiger partial charge in [-0.15, -0.1) is 0 Å². The molecule has 0 aromatic carbocycles. The van der Waals surface area contributed by atoms with Crippen molar-refractivity contribution in [2.45, 2.75) is 127 Å². The lowest BCUT2D eigenvalue weighted by Gasteiger charge is -2.25. The second kappa shape index (κ2) is 24.3. The van der Waals surface area contributed by atoms with Gasteiger partial charge in [0, 0.05) is 72.7 Å². The third-order valence-corrected chi connectivity index (χ3v) is 16.6. The minimum absolute atomic E-state index is 0.00711. The summed E-state index contributed by atoms with van der Waals surface area (Å²) in [5.41, 5.74) is -6.78. The van der Waals surface area contributed by atoms with Gasteiger partial charge in [0.2, 0.25) is 0 Å². The van der Waals surface area contributed by atoms with Crippen LogP contribution in [0.4, 0.5) is 0 Å². The van der Waals surface area contributed by atoms with Gasteiger partial charge in [0.25, 0.3) is 22.2 Å². The molecule has 0 saturated carbocycles. The molecule has 15 unspecified atom stereocenters. The normalized spacial score (nSPS) is 29.2. The Morgan fingerprint density at radius 3 is 0.914 bits per heavy atom. The fraction of sp³-hybridized carbons (Fsp3) is 0.600. The van der Waals surface area contributed by atoms with Gasteiger partial charge >= 0.3 is 54.0 Å². The third kappa shape index (κ3) is 15.0. The Hall–Kier alpha value is -5.04. The first-order valence-electron chi connectivity index (χ1n) is 24.0. The van der Waals surface area contributed by atoms with Crippen molar-refractivity contribution in [2.24, 2.45) is 0 Å². The van der Waals surface area contributed by atoms with Crippen molar-refractivity contribution in [3.05, 3.63) is 130 Å². The SMILES string of the molecule is Cc1cn(C2CC(OP(=O)(O)O)C(COP(=O)(O)OC3CC(n4cc(C)c(=O)[nH]c4=O)OC3COP(=O)(O)OC3CC(n4cc(C)c(=O)[nH]c4=O)OC3COP(=O)(O)OC3CC(n4cc(C)c(=O)[nH]c4=O)OC3CO)O2)c(=O)[nH]c1=O. The molecule has 4 aromatic rings. The number of H-pyrrole nitrogens is 4. The Morgan fingerprint density at radius 1 is 0.432 bits per heavy atom. The number of aromatic amines is 4. The minimum atomic E-state index is -5.50. The maximum atomic E-state index is 13.9. The minimum Gasteiger partial charge on any atom is -0.394 e. The molecule has 4 aliphatic heterocycles. The number of ether oxygens (including phenoxy) is 4. The molecule has 4 saturated heterocycles. The van der Waals surface area contributed by atoms with E-state index in [1.807, 2.05) is 9.97 Å². The predicted molar refractivity (Wildman–Crippen MR) is 264 cm³/mol. The molecular formula is C40H54N8O29P4. The van der Waals surface area contributed by atoms with E-state index >= 15 is 0 Å². The summed E-state index contributed by atoms with van der Waals surface area (Å²) < 4.78 is 116. The Bertz CT molecular complexity index is 3720. The fourth-order valence-electron chi connectivity index (χ4n) is 9.03. The van der Waals surface area contributed by atoms with E-state index in [2.05, 4.69) is 9.97 Å². The number of hydrogen-bond acceptors (Lipinski definition) is 24. The second-order valence-corrected chi connectivity index (χ2v) is 24.3. The molecule has 0 bridgehead atoms. The second-order valence-electron chi connectivity index (χ2n) is 18.9. The smallest absolute Gasteiger partial charge is 0.394 e. The number of phosphoric ester groups is 4. The molecule has 0 aliphatic carbocycles. The summed E-state index contributed by atoms with van der Waals surface area (Å²) in [5, 5.41) is 10.0. The van der Waals surface area contributed by atoms with Crippen LogP contribution in [0.3, 0.4) is 0 Å². The summed E-state index contributed by atoms with van der Waals surface area (Å²) in [6.07, 6.45) is -15.8. The van der Waals surface area contributed by atoms with Crippen LogP contribution in [-0.4, -0.2) is 143 Å². The third-order valence-electron chi connectivity index (χ3n) is 13.0. The first-order valence-corrected chi connectivity index (χ1v) is 30.0. The zero-order valence-electron chi connectivity index (χ0n) is 42.5. The van der Waals surface area contributed by atoms with Crippen LogP contribution in [-0.2, 0) is 68.9 Å². The standard InChI is InChI=1S/C40H54N8O29P4/c1-17-9-45(37(54)41-33(17)50)29-5-21(25(13-49)70-29)75-79(61,62)68-15-27-23(7-31(72-27)47-11-19(3)35(52)43-39(47)56)77-81(65,66)69-16-28-24(8-32(73-28)48-12-20(4)36(53)44-40(48)57)76-80(63,64)67-14-26-22(74-78(58,59)60)6-30(71-26)46-10-18(2)34(51)42-38(46)55/h9-12,21-32,49H,5-8,13-16H2,1-4H3,(H,61,62)(H,63,64)(H,65,66)(H,41,50,54)(H,42,51,55)(H,43,52,56)(H,44,53,57)(H2,58,59,60). The van der Waals surface area contributed by atoms with E-state index in [0.717, 1.165) is 36.9 Å². The van der Waals surface area contributed by atoms with Crippen molar-refractivity contribution in [3.8, 4) is 0 Å². The van der Waals surface area contributed by atoms with Gasteiger partial charge in [-0.2, -0.15) is 0 Å². The summed E-state index contributed by atoms with van der Waals surface area (Å²) >= 11 is 0. The van der Waals surface area contributed by atoms with Crippen LogP contribution in [0, 0.1) is 27.7 Å². The van der Waals surface area contributed by atoms with E-state index in [0.29, 0.717) is 0 Å².